The van der Waals surface area contributed by atoms with Crippen LogP contribution < -0.4 is 4.74 Å². The maximum atomic E-state index is 14.0. The van der Waals surface area contributed by atoms with Crippen molar-refractivity contribution in [1.82, 2.24) is 4.90 Å². The summed E-state index contributed by atoms with van der Waals surface area (Å²) >= 11 is 1.48. The lowest BCUT2D eigenvalue weighted by Crippen LogP contribution is -2.33. The molecule has 0 spiro atoms. The Kier molecular flexibility index (Phi) is 6.19. The Morgan fingerprint density at radius 1 is 1.09 bits per heavy atom. The van der Waals surface area contributed by atoms with Crippen molar-refractivity contribution in [2.24, 2.45) is 0 Å². The number of para-hydroxylation sites is 1. The molecule has 2 atom stereocenters. The van der Waals surface area contributed by atoms with Gasteiger partial charge in [-0.05, 0) is 55.6 Å². The highest BCUT2D eigenvalue weighted by molar-refractivity contribution is 7.13. The van der Waals surface area contributed by atoms with Crippen molar-refractivity contribution >= 4 is 23.2 Å². The van der Waals surface area contributed by atoms with Crippen molar-refractivity contribution in [2.75, 3.05) is 6.61 Å². The number of hydrogen-bond acceptors (Lipinski definition) is 4. The van der Waals surface area contributed by atoms with E-state index < -0.39 is 30.7 Å². The van der Waals surface area contributed by atoms with E-state index in [1.54, 1.807) is 36.4 Å². The Morgan fingerprint density at radius 3 is 2.64 bits per heavy atom. The van der Waals surface area contributed by atoms with Gasteiger partial charge >= 0.3 is 5.97 Å². The molecule has 0 aliphatic heterocycles. The van der Waals surface area contributed by atoms with Crippen LogP contribution in [-0.2, 0) is 11.3 Å². The first-order valence-electron chi connectivity index (χ1n) is 13.0. The molecule has 1 amide bonds. The van der Waals surface area contributed by atoms with Gasteiger partial charge in [-0.15, -0.1) is 11.3 Å². The number of amides is 1. The minimum Gasteiger partial charge on any atom is -0.493 e. The molecule has 0 radical (unpaired) electrons. The molecule has 1 aliphatic carbocycles. The van der Waals surface area contributed by atoms with E-state index in [0.29, 0.717) is 48.3 Å². The number of carboxylic acid groups (broad SMARTS) is 1. The van der Waals surface area contributed by atoms with Crippen LogP contribution in [0.4, 0.5) is 0 Å². The second kappa shape index (κ2) is 11.1. The van der Waals surface area contributed by atoms with Crippen LogP contribution in [0, 0.1) is 0 Å². The zero-order valence-corrected chi connectivity index (χ0v) is 19.0. The fourth-order valence-corrected chi connectivity index (χ4v) is 4.36. The highest BCUT2D eigenvalue weighted by atomic mass is 32.1. The van der Waals surface area contributed by atoms with Gasteiger partial charge in [0.2, 0.25) is 0 Å². The van der Waals surface area contributed by atoms with Crippen LogP contribution in [0.15, 0.2) is 66.0 Å². The van der Waals surface area contributed by atoms with Crippen LogP contribution in [0.5, 0.6) is 5.75 Å². The molecule has 1 fully saturated rings. The van der Waals surface area contributed by atoms with Gasteiger partial charge < -0.3 is 14.7 Å². The first-order chi connectivity index (χ1) is 17.7. The Balaban J connectivity index is 1.59. The number of nitrogens with zero attached hydrogens (tertiary/aromatic N) is 1. The van der Waals surface area contributed by atoms with E-state index in [9.17, 15) is 9.59 Å². The monoisotopic (exact) mass is 467 g/mol. The fraction of sp³-hybridized carbons (Fsp3) is 0.333. The van der Waals surface area contributed by atoms with E-state index in [2.05, 4.69) is 0 Å². The molecule has 3 aromatic rings. The van der Waals surface area contributed by atoms with E-state index in [0.717, 1.165) is 9.78 Å². The van der Waals surface area contributed by atoms with Crippen molar-refractivity contribution in [1.29, 1.82) is 0 Å². The number of benzene rings is 2. The lowest BCUT2D eigenvalue weighted by atomic mass is 10.0. The summed E-state index contributed by atoms with van der Waals surface area (Å²) in [5.74, 6) is -0.828. The third-order valence-electron chi connectivity index (χ3n) is 5.35. The topological polar surface area (TPSA) is 66.8 Å². The number of carboxylic acids is 1. The maximum Gasteiger partial charge on any atom is 0.303 e. The predicted octanol–water partition coefficient (Wildman–Crippen LogP) is 6.24. The first-order valence-corrected chi connectivity index (χ1v) is 11.9. The lowest BCUT2D eigenvalue weighted by Gasteiger charge is -2.25. The normalized spacial score (nSPS) is 22.4. The number of thiophene rings is 1. The van der Waals surface area contributed by atoms with E-state index in [1.807, 2.05) is 29.6 Å². The second-order valence-electron chi connectivity index (χ2n) is 7.75. The molecule has 1 heterocycles. The van der Waals surface area contributed by atoms with Gasteiger partial charge in [0.05, 0.1) is 7.98 Å². The van der Waals surface area contributed by atoms with Crippen molar-refractivity contribution in [3.63, 3.8) is 0 Å². The molecule has 33 heavy (non-hydrogen) atoms. The number of unbranched alkanes of at least 4 members (excludes halogenated alkanes) is 2. The van der Waals surface area contributed by atoms with Crippen LogP contribution >= 0.6 is 11.3 Å². The molecule has 0 saturated heterocycles. The molecule has 1 aliphatic rings. The molecule has 6 heteroatoms. The summed E-state index contributed by atoms with van der Waals surface area (Å²) < 4.78 is 39.5. The minimum absolute atomic E-state index is 0.0921. The Hall–Kier alpha value is -3.12. The van der Waals surface area contributed by atoms with Crippen LogP contribution in [0.1, 0.15) is 59.9 Å². The third-order valence-corrected chi connectivity index (χ3v) is 6.25. The average Bonchev–Trinajstić information content (AvgIpc) is 3.27. The van der Waals surface area contributed by atoms with E-state index in [-0.39, 0.29) is 13.0 Å². The van der Waals surface area contributed by atoms with Crippen molar-refractivity contribution in [3.8, 4) is 16.2 Å². The Labute approximate surface area is 204 Å². The summed E-state index contributed by atoms with van der Waals surface area (Å²) in [5.41, 5.74) is 1.66. The average molecular weight is 468 g/mol. The molecule has 172 valence electrons. The largest absolute Gasteiger partial charge is 0.493 e. The van der Waals surface area contributed by atoms with Crippen molar-refractivity contribution < 1.29 is 24.9 Å². The van der Waals surface area contributed by atoms with Crippen molar-refractivity contribution in [2.45, 2.75) is 51.0 Å². The maximum absolute atomic E-state index is 14.0. The summed E-state index contributed by atoms with van der Waals surface area (Å²) in [6, 6.07) is 15.9. The quantitative estimate of drug-likeness (QED) is 0.320. The number of rotatable bonds is 12. The fourth-order valence-electron chi connectivity index (χ4n) is 3.60. The van der Waals surface area contributed by atoms with Gasteiger partial charge in [-0.1, -0.05) is 42.5 Å². The van der Waals surface area contributed by atoms with Gasteiger partial charge in [-0.2, -0.15) is 0 Å². The van der Waals surface area contributed by atoms with Crippen LogP contribution in [0.3, 0.4) is 0 Å². The van der Waals surface area contributed by atoms with E-state index in [4.69, 9.17) is 15.3 Å². The van der Waals surface area contributed by atoms with Crippen LogP contribution in [0.2, 0.25) is 0 Å². The van der Waals surface area contributed by atoms with E-state index >= 15 is 0 Å². The zero-order valence-electron chi connectivity index (χ0n) is 22.2. The molecular formula is C27H29NO4S. The van der Waals surface area contributed by atoms with Gasteiger partial charge in [0.1, 0.15) is 5.75 Å². The molecular weight excluding hydrogens is 434 g/mol. The summed E-state index contributed by atoms with van der Waals surface area (Å²) in [5, 5.41) is 10.7. The highest BCUT2D eigenvalue weighted by Crippen LogP contribution is 2.35. The number of ether oxygens (including phenoxy) is 1. The van der Waals surface area contributed by atoms with Gasteiger partial charge in [0.15, 0.2) is 0 Å². The smallest absolute Gasteiger partial charge is 0.303 e. The van der Waals surface area contributed by atoms with E-state index in [1.165, 1.54) is 11.3 Å². The summed E-state index contributed by atoms with van der Waals surface area (Å²) in [4.78, 5) is 26.7. The molecule has 2 aromatic carbocycles. The number of carbonyl (C=O) groups excluding carboxylic acids is 1. The Bertz CT molecular complexity index is 1250. The molecule has 1 saturated carbocycles. The van der Waals surface area contributed by atoms with Gasteiger partial charge in [-0.25, -0.2) is 0 Å². The minimum atomic E-state index is -2.18. The van der Waals surface area contributed by atoms with Crippen LogP contribution in [0.25, 0.3) is 10.4 Å². The lowest BCUT2D eigenvalue weighted by molar-refractivity contribution is -0.137. The van der Waals surface area contributed by atoms with Crippen LogP contribution in [-0.4, -0.2) is 34.5 Å². The summed E-state index contributed by atoms with van der Waals surface area (Å²) in [6.45, 7) is 0.269. The first kappa shape index (κ1) is 18.3. The standard InChI is InChI=1S/C27H29NO4S/c29-26(30)14-2-1-7-17-32-24-12-6-3-9-20(24)19-28(21-15-16-21)27(31)23-11-5-4-10-22(23)25-13-8-18-33-25/h3-6,8-13,18,21H,1-2,7,14-17,19H2,(H,29,30)/i15D,16D2,21D. The summed E-state index contributed by atoms with van der Waals surface area (Å²) in [6.07, 6.45) is -1.54. The Morgan fingerprint density at radius 2 is 1.88 bits per heavy atom. The second-order valence-corrected chi connectivity index (χ2v) is 8.70. The molecule has 4 rings (SSSR count). The van der Waals surface area contributed by atoms with Gasteiger partial charge in [0, 0.05) is 44.7 Å². The van der Waals surface area contributed by atoms with Gasteiger partial charge in [0.25, 0.3) is 5.91 Å². The van der Waals surface area contributed by atoms with Gasteiger partial charge in [-0.3, -0.25) is 9.59 Å². The summed E-state index contributed by atoms with van der Waals surface area (Å²) in [7, 11) is 0. The third kappa shape index (κ3) is 6.23. The number of aliphatic carboxylic acids is 1. The molecule has 1 aromatic heterocycles. The molecule has 5 nitrogen and oxygen atoms in total. The SMILES string of the molecule is [2H]C1C([2H])([2H])C1([2H])N(Cc1ccccc1OCCCCCC(=O)O)C(=O)c1ccccc1-c1cccs1. The number of carbonyl (C=O) groups is 2. The number of hydrogen-bond donors (Lipinski definition) is 1. The zero-order chi connectivity index (χ0) is 26.6. The predicted molar refractivity (Wildman–Crippen MR) is 131 cm³/mol. The molecule has 2 unspecified atom stereocenters. The molecule has 1 N–H and O–H groups in total. The highest BCUT2D eigenvalue weighted by Gasteiger charge is 2.34. The van der Waals surface area contributed by atoms with Crippen molar-refractivity contribution in [3.05, 3.63) is 77.2 Å². The molecule has 0 bridgehead atoms.